The van der Waals surface area contributed by atoms with Crippen molar-refractivity contribution in [1.82, 2.24) is 0 Å². The molecule has 70 heavy (non-hydrogen) atoms. The second-order valence-corrected chi connectivity index (χ2v) is 30.9. The fraction of sp³-hybridized carbons (Fsp3) is 0. The van der Waals surface area contributed by atoms with Crippen molar-refractivity contribution in [3.63, 3.8) is 0 Å². The van der Waals surface area contributed by atoms with E-state index in [4.69, 9.17) is 47.4 Å². The van der Waals surface area contributed by atoms with Gasteiger partial charge in [-0.25, -0.2) is 0 Å². The van der Waals surface area contributed by atoms with Crippen molar-refractivity contribution in [1.29, 1.82) is 0 Å². The molecule has 8 aromatic rings. The van der Waals surface area contributed by atoms with Crippen LogP contribution in [0, 0.1) is 0 Å². The van der Waals surface area contributed by atoms with Gasteiger partial charge in [0.15, 0.2) is 0 Å². The van der Waals surface area contributed by atoms with Crippen molar-refractivity contribution in [3.8, 4) is 0 Å². The van der Waals surface area contributed by atoms with Crippen LogP contribution in [0.25, 0.3) is 0 Å². The van der Waals surface area contributed by atoms with Gasteiger partial charge in [-0.1, -0.05) is 146 Å². The van der Waals surface area contributed by atoms with Crippen molar-refractivity contribution in [2.45, 2.75) is 0 Å². The van der Waals surface area contributed by atoms with E-state index >= 15 is 0 Å². The standard InChI is InChI=1S/2C24H20P.4ClH.4Mn.2H2O.10O/c2*1-5-13-21(14-6-1)25(22-15-7-2-8-16-22,23-17-9-3-10-18-23)24-19-11-4-12-20-24;;;;;;;;;;;;;;;;;;;;/h2*1-20H;4*1H;;;;;2*1H2;;;;;;;;;;/q2*+1;;;;;2*+1;2*+2;;;;;;;;;;;2*-1/p-6. The zero-order chi connectivity index (χ0) is 51.9. The summed E-state index contributed by atoms with van der Waals surface area (Å²) >= 11 is -19.1. The molecule has 0 aliphatic rings. The van der Waals surface area contributed by atoms with Gasteiger partial charge in [0.05, 0.1) is 0 Å². The maximum absolute atomic E-state index is 9.01. The molecule has 0 aromatic heterocycles. The average molecular weight is 1230 g/mol. The molecular weight excluding hydrogens is 1190 g/mol. The molecule has 0 heterocycles. The van der Waals surface area contributed by atoms with Crippen molar-refractivity contribution in [3.05, 3.63) is 243 Å². The molecule has 0 saturated heterocycles. The Kier molecular flexibility index (Phi) is 25.0. The largest absolute Gasteiger partial charge is 0.144 e. The summed E-state index contributed by atoms with van der Waals surface area (Å²) in [6.07, 6.45) is 0. The molecule has 0 aliphatic carbocycles. The van der Waals surface area contributed by atoms with Crippen LogP contribution in [-0.4, -0.2) is 8.38 Å². The summed E-state index contributed by atoms with van der Waals surface area (Å²) in [5.74, 6) is 0. The Bertz CT molecular complexity index is 2580. The number of hydrogen-bond donors (Lipinski definition) is 2. The van der Waals surface area contributed by atoms with Gasteiger partial charge in [0.1, 0.15) is 57.0 Å². The van der Waals surface area contributed by atoms with Gasteiger partial charge in [0.25, 0.3) is 0 Å². The van der Waals surface area contributed by atoms with Crippen LogP contribution in [0.5, 0.6) is 0 Å². The average Bonchev–Trinajstić information content (AvgIpc) is 3.31. The number of hydrogen-bond acceptors (Lipinski definition) is 10. The first-order chi connectivity index (χ1) is 32.8. The smallest absolute Gasteiger partial charge is 0.0620 e. The Balaban J connectivity index is 0.000000268. The minimum Gasteiger partial charge on any atom is -0.0620 e. The molecule has 372 valence electrons. The summed E-state index contributed by atoms with van der Waals surface area (Å²) in [5, 5.41) is 11.1. The summed E-state index contributed by atoms with van der Waals surface area (Å²) in [7, 11) is 12.4. The molecule has 8 aromatic carbocycles. The first-order valence-electron chi connectivity index (χ1n) is 19.5. The molecule has 2 N–H and O–H groups in total. The van der Waals surface area contributed by atoms with E-state index in [2.05, 4.69) is 283 Å². The molecule has 12 nitrogen and oxygen atoms in total. The second kappa shape index (κ2) is 29.0. The topological polar surface area (TPSA) is 223 Å². The summed E-state index contributed by atoms with van der Waals surface area (Å²) in [6.45, 7) is 0. The van der Waals surface area contributed by atoms with Gasteiger partial charge >= 0.3 is 136 Å². The Labute approximate surface area is 431 Å². The molecule has 0 unspecified atom stereocenters. The molecule has 0 saturated carbocycles. The van der Waals surface area contributed by atoms with Crippen LogP contribution in [0.15, 0.2) is 243 Å². The van der Waals surface area contributed by atoms with Crippen LogP contribution in [0.1, 0.15) is 0 Å². The van der Waals surface area contributed by atoms with Crippen LogP contribution < -0.4 is 50.8 Å². The minimum absolute atomic E-state index is 1.39. The second-order valence-electron chi connectivity index (χ2n) is 13.5. The van der Waals surface area contributed by atoms with E-state index in [1.807, 2.05) is 0 Å². The SMILES string of the molecule is [O]=[Mn](=[O])([O-])[Cl].[O]=[Mn](=[O])([O-])[Cl].[O]=[Mn](=[O])([OH])[Cl].[O]=[Mn](=[O])([OH])[Cl].c1ccc([P+](c2ccccc2)(c2ccccc2)c2ccccc2)cc1.c1ccc([P+](c2ccccc2)(c2ccccc2)c2ccccc2)cc1. The molecule has 0 fully saturated rings. The van der Waals surface area contributed by atoms with Gasteiger partial charge in [0.2, 0.25) is 0 Å². The van der Waals surface area contributed by atoms with Gasteiger partial charge in [0, 0.05) is 0 Å². The summed E-state index contributed by atoms with van der Waals surface area (Å²) < 4.78 is 104. The Morgan fingerprint density at radius 3 is 0.400 bits per heavy atom. The number of halogens is 4. The van der Waals surface area contributed by atoms with Crippen molar-refractivity contribution in [2.75, 3.05) is 0 Å². The van der Waals surface area contributed by atoms with Crippen molar-refractivity contribution < 1.29 is 95.9 Å². The molecule has 0 radical (unpaired) electrons. The molecule has 0 amide bonds. The third-order valence-electron chi connectivity index (χ3n) is 9.15. The fourth-order valence-corrected chi connectivity index (χ4v) is 15.5. The van der Waals surface area contributed by atoms with Gasteiger partial charge in [-0.2, -0.15) is 0 Å². The third kappa shape index (κ3) is 21.8. The van der Waals surface area contributed by atoms with Crippen molar-refractivity contribution in [2.24, 2.45) is 0 Å². The third-order valence-corrected chi connectivity index (χ3v) is 17.7. The van der Waals surface area contributed by atoms with Crippen LogP contribution in [-0.2, 0) is 79.2 Å². The molecule has 0 atom stereocenters. The zero-order valence-electron chi connectivity index (χ0n) is 36.0. The van der Waals surface area contributed by atoms with Crippen LogP contribution >= 0.6 is 54.9 Å². The predicted molar refractivity (Wildman–Crippen MR) is 256 cm³/mol. The zero-order valence-corrected chi connectivity index (χ0v) is 45.5. The van der Waals surface area contributed by atoms with E-state index in [1.54, 1.807) is 0 Å². The molecular formula is C48H42Cl4Mn4O12P2. The van der Waals surface area contributed by atoms with E-state index < -0.39 is 63.0 Å². The van der Waals surface area contributed by atoms with E-state index in [1.165, 1.54) is 42.4 Å². The molecule has 22 heteroatoms. The number of rotatable bonds is 8. The van der Waals surface area contributed by atoms with Gasteiger partial charge in [-0.15, -0.1) is 0 Å². The summed E-state index contributed by atoms with van der Waals surface area (Å²) in [6, 6.07) is 87.7. The van der Waals surface area contributed by atoms with E-state index in [0.717, 1.165) is 0 Å². The Morgan fingerprint density at radius 2 is 0.329 bits per heavy atom. The number of benzene rings is 8. The maximum Gasteiger partial charge on any atom is 0.144 e. The van der Waals surface area contributed by atoms with Crippen LogP contribution in [0.3, 0.4) is 0 Å². The summed E-state index contributed by atoms with van der Waals surface area (Å²) in [5.41, 5.74) is 0. The van der Waals surface area contributed by atoms with Crippen LogP contribution in [0.4, 0.5) is 0 Å². The van der Waals surface area contributed by atoms with Gasteiger partial charge < -0.3 is 0 Å². The van der Waals surface area contributed by atoms with E-state index in [9.17, 15) is 0 Å². The van der Waals surface area contributed by atoms with Crippen LogP contribution in [0.2, 0.25) is 0 Å². The maximum atomic E-state index is 9.01. The molecule has 0 bridgehead atoms. The monoisotopic (exact) mass is 1230 g/mol. The molecule has 0 aliphatic heterocycles. The van der Waals surface area contributed by atoms with Crippen molar-refractivity contribution >= 4 is 97.4 Å². The summed E-state index contributed by atoms with van der Waals surface area (Å²) in [4.78, 5) is 0. The van der Waals surface area contributed by atoms with Gasteiger partial charge in [-0.05, 0) is 97.1 Å². The predicted octanol–water partition coefficient (Wildman–Crippen LogP) is 6.92. The normalized spacial score (nSPS) is 11.3. The fourth-order valence-electron chi connectivity index (χ4n) is 7.00. The molecule has 0 spiro atoms. The van der Waals surface area contributed by atoms with E-state index in [0.29, 0.717) is 0 Å². The van der Waals surface area contributed by atoms with E-state index in [-0.39, 0.29) is 0 Å². The Hall–Kier alpha value is -3.90. The quantitative estimate of drug-likeness (QED) is 0.117. The first-order valence-corrected chi connectivity index (χ1v) is 35.5. The van der Waals surface area contributed by atoms with Gasteiger partial charge in [-0.3, -0.25) is 0 Å². The Morgan fingerprint density at radius 1 is 0.257 bits per heavy atom. The molecule has 8 rings (SSSR count). The minimum atomic E-state index is -4.90. The first kappa shape index (κ1) is 60.4.